The predicted octanol–water partition coefficient (Wildman–Crippen LogP) is -0.301. The Bertz CT molecular complexity index is 806. The topological polar surface area (TPSA) is 120 Å². The number of benzene rings is 1. The van der Waals surface area contributed by atoms with Crippen molar-refractivity contribution in [2.45, 2.75) is 37.9 Å². The molecule has 28 heavy (non-hydrogen) atoms. The minimum Gasteiger partial charge on any atom is -0.494 e. The number of aliphatic hydroxyl groups excluding tert-OH is 1. The molecule has 4 rings (SSSR count). The number of rotatable bonds is 7. The number of nitrogens with two attached hydrogens (primary N) is 1. The number of carbonyl (C=O) groups is 2. The number of hydrogen-bond acceptors (Lipinski definition) is 7. The highest BCUT2D eigenvalue weighted by Crippen LogP contribution is 2.32. The molecule has 0 aromatic heterocycles. The Kier molecular flexibility index (Phi) is 5.19. The molecule has 9 heteroatoms. The van der Waals surface area contributed by atoms with Gasteiger partial charge in [-0.25, -0.2) is 4.99 Å². The van der Waals surface area contributed by atoms with Crippen LogP contribution in [0, 0.1) is 0 Å². The molecule has 0 saturated carbocycles. The normalized spacial score (nSPS) is 22.3. The summed E-state index contributed by atoms with van der Waals surface area (Å²) in [5.41, 5.74) is 7.25. The van der Waals surface area contributed by atoms with Crippen LogP contribution < -0.4 is 15.8 Å². The third-order valence-electron chi connectivity index (χ3n) is 5.55. The van der Waals surface area contributed by atoms with E-state index < -0.39 is 6.04 Å². The summed E-state index contributed by atoms with van der Waals surface area (Å²) in [6.45, 7) is 2.40. The third kappa shape index (κ3) is 3.55. The first kappa shape index (κ1) is 18.7. The number of ether oxygens (including phenoxy) is 1. The Morgan fingerprint density at radius 2 is 2.18 bits per heavy atom. The van der Waals surface area contributed by atoms with E-state index in [1.165, 1.54) is 0 Å². The number of nitrogens with one attached hydrogen (secondary N) is 1. The lowest BCUT2D eigenvalue weighted by atomic mass is 10.1. The van der Waals surface area contributed by atoms with Gasteiger partial charge in [-0.3, -0.25) is 19.8 Å². The zero-order chi connectivity index (χ0) is 19.7. The molecule has 0 spiro atoms. The quantitative estimate of drug-likeness (QED) is 0.591. The predicted molar refractivity (Wildman–Crippen MR) is 102 cm³/mol. The molecule has 3 heterocycles. The lowest BCUT2D eigenvalue weighted by molar-refractivity contribution is -0.123. The summed E-state index contributed by atoms with van der Waals surface area (Å²) in [5, 5.41) is 12.2. The monoisotopic (exact) mass is 387 g/mol. The summed E-state index contributed by atoms with van der Waals surface area (Å²) in [6.07, 6.45) is 2.74. The highest BCUT2D eigenvalue weighted by Gasteiger charge is 2.38. The fourth-order valence-corrected chi connectivity index (χ4v) is 4.04. The van der Waals surface area contributed by atoms with Crippen molar-refractivity contribution < 1.29 is 19.4 Å². The number of likely N-dealkylation sites (tertiary alicyclic amines) is 1. The molecule has 9 nitrogen and oxygen atoms in total. The maximum atomic E-state index is 11.9. The molecule has 2 fully saturated rings. The Labute approximate surface area is 163 Å². The number of primary amides is 1. The van der Waals surface area contributed by atoms with Crippen LogP contribution in [0.2, 0.25) is 0 Å². The standard InChI is InChI=1S/C19H25N5O4/c20-17(26)15(23-6-1-2-7-23)5-8-28-13-3-4-14-12(9-13)10-24-16(11-25)18(27)22-19(24)21-14/h3-4,9,15-16,25H,1-2,5-8,10-11H2,(H2,20,26)(H,21,22,27). The molecule has 2 atom stereocenters. The molecule has 0 aliphatic carbocycles. The number of carbonyl (C=O) groups excluding carboxylic acids is 2. The van der Waals surface area contributed by atoms with Crippen molar-refractivity contribution in [3.8, 4) is 5.75 Å². The Morgan fingerprint density at radius 1 is 1.39 bits per heavy atom. The van der Waals surface area contributed by atoms with E-state index >= 15 is 0 Å². The molecule has 0 radical (unpaired) electrons. The molecule has 4 N–H and O–H groups in total. The summed E-state index contributed by atoms with van der Waals surface area (Å²) < 4.78 is 5.86. The number of hydrogen-bond donors (Lipinski definition) is 3. The van der Waals surface area contributed by atoms with Gasteiger partial charge in [-0.1, -0.05) is 0 Å². The second kappa shape index (κ2) is 7.76. The van der Waals surface area contributed by atoms with Crippen LogP contribution in [-0.2, 0) is 16.1 Å². The van der Waals surface area contributed by atoms with Crippen LogP contribution in [-0.4, -0.2) is 71.1 Å². The third-order valence-corrected chi connectivity index (χ3v) is 5.55. The van der Waals surface area contributed by atoms with Gasteiger partial charge in [-0.15, -0.1) is 0 Å². The molecule has 1 aromatic carbocycles. The van der Waals surface area contributed by atoms with Gasteiger partial charge in [0.25, 0.3) is 5.91 Å². The van der Waals surface area contributed by atoms with Crippen molar-refractivity contribution in [1.29, 1.82) is 0 Å². The van der Waals surface area contributed by atoms with Crippen LogP contribution in [0.1, 0.15) is 24.8 Å². The number of fused-ring (bicyclic) bond motifs is 2. The Hall–Kier alpha value is -2.65. The van der Waals surface area contributed by atoms with E-state index in [0.717, 1.165) is 37.2 Å². The second-order valence-electron chi connectivity index (χ2n) is 7.34. The van der Waals surface area contributed by atoms with Crippen molar-refractivity contribution in [3.05, 3.63) is 23.8 Å². The van der Waals surface area contributed by atoms with Crippen molar-refractivity contribution in [2.75, 3.05) is 26.3 Å². The minimum absolute atomic E-state index is 0.245. The van der Waals surface area contributed by atoms with Gasteiger partial charge in [0.1, 0.15) is 11.8 Å². The van der Waals surface area contributed by atoms with Crippen LogP contribution >= 0.6 is 0 Å². The molecule has 3 aliphatic heterocycles. The average molecular weight is 387 g/mol. The van der Waals surface area contributed by atoms with Crippen molar-refractivity contribution in [3.63, 3.8) is 0 Å². The van der Waals surface area contributed by atoms with Crippen LogP contribution in [0.4, 0.5) is 5.69 Å². The van der Waals surface area contributed by atoms with Crippen molar-refractivity contribution in [1.82, 2.24) is 15.1 Å². The summed E-state index contributed by atoms with van der Waals surface area (Å²) in [7, 11) is 0. The van der Waals surface area contributed by atoms with E-state index in [-0.39, 0.29) is 24.5 Å². The first-order valence-electron chi connectivity index (χ1n) is 9.63. The van der Waals surface area contributed by atoms with Crippen LogP contribution in [0.15, 0.2) is 23.2 Å². The lowest BCUT2D eigenvalue weighted by Gasteiger charge is -2.27. The fourth-order valence-electron chi connectivity index (χ4n) is 4.04. The summed E-state index contributed by atoms with van der Waals surface area (Å²) in [4.78, 5) is 32.0. The minimum atomic E-state index is -0.617. The van der Waals surface area contributed by atoms with Gasteiger partial charge >= 0.3 is 0 Å². The number of nitrogens with zero attached hydrogens (tertiary/aromatic N) is 3. The van der Waals surface area contributed by atoms with Crippen molar-refractivity contribution >= 4 is 23.5 Å². The number of aliphatic hydroxyl groups is 1. The molecule has 2 saturated heterocycles. The van der Waals surface area contributed by atoms with Gasteiger partial charge in [0.2, 0.25) is 11.9 Å². The summed E-state index contributed by atoms with van der Waals surface area (Å²) in [5.74, 6) is 0.602. The smallest absolute Gasteiger partial charge is 0.251 e. The molecular weight excluding hydrogens is 362 g/mol. The molecule has 2 amide bonds. The van der Waals surface area contributed by atoms with E-state index in [2.05, 4.69) is 15.2 Å². The first-order valence-corrected chi connectivity index (χ1v) is 9.63. The van der Waals surface area contributed by atoms with E-state index in [9.17, 15) is 14.7 Å². The molecule has 1 aromatic rings. The van der Waals surface area contributed by atoms with Gasteiger partial charge in [-0.2, -0.15) is 0 Å². The maximum Gasteiger partial charge on any atom is 0.251 e. The molecule has 0 bridgehead atoms. The first-order chi connectivity index (χ1) is 13.6. The van der Waals surface area contributed by atoms with E-state index in [1.54, 1.807) is 4.90 Å². The zero-order valence-electron chi connectivity index (χ0n) is 15.6. The fraction of sp³-hybridized carbons (Fsp3) is 0.526. The van der Waals surface area contributed by atoms with Gasteiger partial charge in [-0.05, 0) is 44.1 Å². The molecule has 2 unspecified atom stereocenters. The molecule has 3 aliphatic rings. The molecular formula is C19H25N5O4. The average Bonchev–Trinajstić information content (AvgIpc) is 3.29. The molecule has 150 valence electrons. The summed E-state index contributed by atoms with van der Waals surface area (Å²) >= 11 is 0. The van der Waals surface area contributed by atoms with Crippen LogP contribution in [0.5, 0.6) is 5.75 Å². The SMILES string of the molecule is NC(=O)C(CCOc1ccc2c(c1)CN1C(=N2)NC(=O)C1CO)N1CCCC1. The maximum absolute atomic E-state index is 11.9. The van der Waals surface area contributed by atoms with Crippen LogP contribution in [0.3, 0.4) is 0 Å². The lowest BCUT2D eigenvalue weighted by Crippen LogP contribution is -2.44. The van der Waals surface area contributed by atoms with Crippen LogP contribution in [0.25, 0.3) is 0 Å². The van der Waals surface area contributed by atoms with Gasteiger partial charge < -0.3 is 20.5 Å². The summed E-state index contributed by atoms with van der Waals surface area (Å²) in [6, 6.07) is 4.66. The van der Waals surface area contributed by atoms with E-state index in [0.29, 0.717) is 31.3 Å². The van der Waals surface area contributed by atoms with Gasteiger partial charge in [0, 0.05) is 18.5 Å². The zero-order valence-corrected chi connectivity index (χ0v) is 15.6. The number of aliphatic imine (C=N–C) groups is 1. The Balaban J connectivity index is 1.40. The highest BCUT2D eigenvalue weighted by atomic mass is 16.5. The highest BCUT2D eigenvalue weighted by molar-refractivity contribution is 6.07. The number of amides is 2. The van der Waals surface area contributed by atoms with E-state index in [1.807, 2.05) is 18.2 Å². The number of guanidine groups is 1. The Morgan fingerprint density at radius 3 is 2.89 bits per heavy atom. The van der Waals surface area contributed by atoms with E-state index in [4.69, 9.17) is 10.5 Å². The van der Waals surface area contributed by atoms with Crippen molar-refractivity contribution in [2.24, 2.45) is 10.7 Å². The largest absolute Gasteiger partial charge is 0.494 e. The van der Waals surface area contributed by atoms with Gasteiger partial charge in [0.15, 0.2) is 0 Å². The van der Waals surface area contributed by atoms with Gasteiger partial charge in [0.05, 0.1) is 24.9 Å². The second-order valence-corrected chi connectivity index (χ2v) is 7.34.